The molecule has 0 N–H and O–H groups in total. The van der Waals surface area contributed by atoms with Crippen LogP contribution in [-0.2, 0) is 0 Å². The summed E-state index contributed by atoms with van der Waals surface area (Å²) in [6.45, 7) is 0. The SMILES string of the molecule is CSc1ccc2sc3ccc(-n4c5ccc(-n6c7ccccc7c7ccccc76)cc5c5c6oc7ccccc7c6ccc54)cc3c2c1. The maximum Gasteiger partial charge on any atom is 0.145 e. The van der Waals surface area contributed by atoms with E-state index >= 15 is 0 Å². The van der Waals surface area contributed by atoms with Crippen molar-refractivity contribution >= 4 is 109 Å². The number of aromatic nitrogens is 2. The van der Waals surface area contributed by atoms with Crippen molar-refractivity contribution in [2.75, 3.05) is 6.26 Å². The topological polar surface area (TPSA) is 23.0 Å². The molecule has 3 nitrogen and oxygen atoms in total. The molecule has 0 fully saturated rings. The van der Waals surface area contributed by atoms with Gasteiger partial charge in [-0.1, -0.05) is 54.6 Å². The Hall–Kier alpha value is -5.49. The highest BCUT2D eigenvalue weighted by atomic mass is 32.2. The van der Waals surface area contributed by atoms with Gasteiger partial charge in [-0.3, -0.25) is 0 Å². The zero-order valence-electron chi connectivity index (χ0n) is 25.9. The van der Waals surface area contributed by atoms with Gasteiger partial charge >= 0.3 is 0 Å². The fraction of sp³-hybridized carbons (Fsp3) is 0.0233. The minimum atomic E-state index is 0.912. The summed E-state index contributed by atoms with van der Waals surface area (Å²) >= 11 is 3.66. The molecule has 0 saturated carbocycles. The van der Waals surface area contributed by atoms with E-state index in [1.54, 1.807) is 11.8 Å². The van der Waals surface area contributed by atoms with E-state index < -0.39 is 0 Å². The molecule has 0 amide bonds. The van der Waals surface area contributed by atoms with Crippen LogP contribution in [0.15, 0.2) is 149 Å². The van der Waals surface area contributed by atoms with Gasteiger partial charge in [-0.25, -0.2) is 0 Å². The van der Waals surface area contributed by atoms with Crippen molar-refractivity contribution in [1.29, 1.82) is 0 Å². The number of benzene rings is 7. The van der Waals surface area contributed by atoms with Gasteiger partial charge in [0.15, 0.2) is 0 Å². The number of thioether (sulfide) groups is 1. The third-order valence-electron chi connectivity index (χ3n) is 10.0. The van der Waals surface area contributed by atoms with Gasteiger partial charge in [0, 0.05) is 63.4 Å². The number of hydrogen-bond donors (Lipinski definition) is 0. The summed E-state index contributed by atoms with van der Waals surface area (Å²) in [4.78, 5) is 1.29. The van der Waals surface area contributed by atoms with Crippen molar-refractivity contribution in [3.05, 3.63) is 140 Å². The Bertz CT molecular complexity index is 3060. The molecule has 4 heterocycles. The summed E-state index contributed by atoms with van der Waals surface area (Å²) in [5.74, 6) is 0. The molecule has 0 spiro atoms. The molecule has 0 atom stereocenters. The first-order valence-electron chi connectivity index (χ1n) is 16.1. The lowest BCUT2D eigenvalue weighted by Crippen LogP contribution is -1.95. The third-order valence-corrected chi connectivity index (χ3v) is 11.9. The number of furan rings is 1. The van der Waals surface area contributed by atoms with E-state index in [0.29, 0.717) is 0 Å². The summed E-state index contributed by atoms with van der Waals surface area (Å²) in [6.07, 6.45) is 2.14. The van der Waals surface area contributed by atoms with Gasteiger partial charge in [-0.05, 0) is 91.2 Å². The highest BCUT2D eigenvalue weighted by Gasteiger charge is 2.21. The molecule has 0 bridgehead atoms. The normalized spacial score (nSPS) is 12.4. The Labute approximate surface area is 283 Å². The molecule has 7 aromatic carbocycles. The Morgan fingerprint density at radius 1 is 0.479 bits per heavy atom. The number of fused-ring (bicyclic) bond motifs is 13. The quantitative estimate of drug-likeness (QED) is 0.178. The van der Waals surface area contributed by atoms with Crippen LogP contribution in [0.1, 0.15) is 0 Å². The number of rotatable bonds is 3. The molecular weight excluding hydrogens is 625 g/mol. The highest BCUT2D eigenvalue weighted by molar-refractivity contribution is 7.98. The molecule has 11 aromatic rings. The highest BCUT2D eigenvalue weighted by Crippen LogP contribution is 2.43. The van der Waals surface area contributed by atoms with E-state index in [4.69, 9.17) is 4.42 Å². The van der Waals surface area contributed by atoms with Crippen molar-refractivity contribution in [2.45, 2.75) is 4.90 Å². The molecule has 11 rings (SSSR count). The van der Waals surface area contributed by atoms with Gasteiger partial charge in [0.1, 0.15) is 11.2 Å². The van der Waals surface area contributed by atoms with Crippen LogP contribution in [-0.4, -0.2) is 15.4 Å². The molecule has 0 aliphatic rings. The summed E-state index contributed by atoms with van der Waals surface area (Å²) in [5, 5.41) is 9.73. The predicted octanol–water partition coefficient (Wildman–Crippen LogP) is 12.9. The number of hydrogen-bond acceptors (Lipinski definition) is 3. The standard InChI is InChI=1S/C43H26N2OS2/c1-47-27-16-21-41-33(24-27)32-22-26(15-20-40(32)48-41)45-37-18-14-25(44-35-11-5-2-8-28(35)29-9-3-6-12-36(29)44)23-34(37)42-38(45)19-17-31-30-10-4-7-13-39(30)46-43(31)42/h2-24H,1H3. The van der Waals surface area contributed by atoms with Crippen LogP contribution >= 0.6 is 23.1 Å². The molecule has 0 unspecified atom stereocenters. The lowest BCUT2D eigenvalue weighted by Gasteiger charge is -2.10. The molecule has 0 radical (unpaired) electrons. The lowest BCUT2D eigenvalue weighted by atomic mass is 10.1. The average molecular weight is 651 g/mol. The molecule has 0 saturated heterocycles. The van der Waals surface area contributed by atoms with Crippen LogP contribution in [0, 0.1) is 0 Å². The van der Waals surface area contributed by atoms with E-state index in [0.717, 1.165) is 49.7 Å². The summed E-state index contributed by atoms with van der Waals surface area (Å²) < 4.78 is 14.2. The third kappa shape index (κ3) is 3.55. The summed E-state index contributed by atoms with van der Waals surface area (Å²) in [7, 11) is 0. The fourth-order valence-corrected chi connectivity index (χ4v) is 9.41. The van der Waals surface area contributed by atoms with Crippen LogP contribution in [0.5, 0.6) is 0 Å². The Kier molecular flexibility index (Phi) is 5.41. The van der Waals surface area contributed by atoms with Crippen molar-refractivity contribution in [3.8, 4) is 11.4 Å². The zero-order chi connectivity index (χ0) is 31.5. The molecular formula is C43H26N2OS2. The van der Waals surface area contributed by atoms with Gasteiger partial charge in [0.25, 0.3) is 0 Å². The Morgan fingerprint density at radius 3 is 1.83 bits per heavy atom. The van der Waals surface area contributed by atoms with Crippen LogP contribution in [0.3, 0.4) is 0 Å². The van der Waals surface area contributed by atoms with Crippen molar-refractivity contribution in [2.24, 2.45) is 0 Å². The smallest absolute Gasteiger partial charge is 0.145 e. The first kappa shape index (κ1) is 26.6. The first-order chi connectivity index (χ1) is 23.7. The number of para-hydroxylation sites is 3. The van der Waals surface area contributed by atoms with Crippen molar-refractivity contribution in [1.82, 2.24) is 9.13 Å². The van der Waals surface area contributed by atoms with E-state index in [-0.39, 0.29) is 0 Å². The molecule has 48 heavy (non-hydrogen) atoms. The van der Waals surface area contributed by atoms with Gasteiger partial charge in [0.2, 0.25) is 0 Å². The fourth-order valence-electron chi connectivity index (χ4n) is 7.90. The number of thiophene rings is 1. The lowest BCUT2D eigenvalue weighted by molar-refractivity contribution is 0.673. The molecule has 226 valence electrons. The van der Waals surface area contributed by atoms with Gasteiger partial charge in [-0.15, -0.1) is 23.1 Å². The van der Waals surface area contributed by atoms with Crippen LogP contribution in [0.2, 0.25) is 0 Å². The van der Waals surface area contributed by atoms with Gasteiger partial charge < -0.3 is 13.6 Å². The second-order valence-corrected chi connectivity index (χ2v) is 14.4. The maximum atomic E-state index is 6.71. The average Bonchev–Trinajstić information content (AvgIpc) is 3.88. The minimum absolute atomic E-state index is 0.912. The number of nitrogens with zero attached hydrogens (tertiary/aromatic N) is 2. The maximum absolute atomic E-state index is 6.71. The molecule has 0 aliphatic heterocycles. The molecule has 0 aliphatic carbocycles. The van der Waals surface area contributed by atoms with Crippen molar-refractivity contribution < 1.29 is 4.42 Å². The zero-order valence-corrected chi connectivity index (χ0v) is 27.5. The van der Waals surface area contributed by atoms with Crippen molar-refractivity contribution in [3.63, 3.8) is 0 Å². The van der Waals surface area contributed by atoms with Crippen LogP contribution in [0.4, 0.5) is 0 Å². The van der Waals surface area contributed by atoms with E-state index in [2.05, 4.69) is 155 Å². The Balaban J connectivity index is 1.26. The summed E-state index contributed by atoms with van der Waals surface area (Å²) in [5.41, 5.74) is 8.84. The molecule has 5 heteroatoms. The monoisotopic (exact) mass is 650 g/mol. The second-order valence-electron chi connectivity index (χ2n) is 12.5. The predicted molar refractivity (Wildman–Crippen MR) is 207 cm³/mol. The van der Waals surface area contributed by atoms with Gasteiger partial charge in [-0.2, -0.15) is 0 Å². The summed E-state index contributed by atoms with van der Waals surface area (Å²) in [6, 6.07) is 51.0. The Morgan fingerprint density at radius 2 is 1.06 bits per heavy atom. The van der Waals surface area contributed by atoms with Gasteiger partial charge in [0.05, 0.1) is 27.5 Å². The van der Waals surface area contributed by atoms with E-state index in [1.807, 2.05) is 11.3 Å². The molecule has 4 aromatic heterocycles. The van der Waals surface area contributed by atoms with E-state index in [1.165, 1.54) is 52.3 Å². The second kappa shape index (κ2) is 9.77. The van der Waals surface area contributed by atoms with E-state index in [9.17, 15) is 0 Å². The van der Waals surface area contributed by atoms with Crippen LogP contribution in [0.25, 0.3) is 97.1 Å². The first-order valence-corrected chi connectivity index (χ1v) is 18.2. The minimum Gasteiger partial charge on any atom is -0.455 e. The largest absolute Gasteiger partial charge is 0.455 e. The van der Waals surface area contributed by atoms with Crippen LogP contribution < -0.4 is 0 Å².